The quantitative estimate of drug-likeness (QED) is 0.204. The Hall–Kier alpha value is -4.93. The number of nitrogens with zero attached hydrogens (tertiary/aromatic N) is 4. The molecule has 2 heterocycles. The number of ketones is 1. The van der Waals surface area contributed by atoms with Crippen molar-refractivity contribution in [1.29, 1.82) is 5.26 Å². The average molecular weight is 563 g/mol. The van der Waals surface area contributed by atoms with Crippen molar-refractivity contribution in [1.82, 2.24) is 9.55 Å². The van der Waals surface area contributed by atoms with Crippen molar-refractivity contribution >= 4 is 39.9 Å². The Morgan fingerprint density at radius 3 is 2.61 bits per heavy atom. The summed E-state index contributed by atoms with van der Waals surface area (Å²) in [7, 11) is 3.42. The lowest BCUT2D eigenvalue weighted by molar-refractivity contribution is -0.117. The van der Waals surface area contributed by atoms with Gasteiger partial charge in [0.1, 0.15) is 17.9 Å². The largest absolute Gasteiger partial charge is 0.487 e. The molecule has 0 bridgehead atoms. The first-order valence-electron chi connectivity index (χ1n) is 13.0. The summed E-state index contributed by atoms with van der Waals surface area (Å²) in [6.07, 6.45) is 0.0661. The number of fused-ring (bicyclic) bond motifs is 1. The molecule has 3 aromatic carbocycles. The minimum atomic E-state index is -0.219. The fourth-order valence-corrected chi connectivity index (χ4v) is 4.98. The number of pyridine rings is 1. The number of rotatable bonds is 8. The number of aromatic nitrogens is 2. The number of para-hydroxylation sites is 1. The molecule has 5 aromatic rings. The van der Waals surface area contributed by atoms with Gasteiger partial charge in [-0.15, -0.1) is 0 Å². The van der Waals surface area contributed by atoms with Crippen LogP contribution in [0, 0.1) is 18.3 Å². The second kappa shape index (κ2) is 11.7. The molecule has 0 saturated carbocycles. The minimum Gasteiger partial charge on any atom is -0.487 e. The summed E-state index contributed by atoms with van der Waals surface area (Å²) in [4.78, 5) is 32.5. The molecular weight excluding hydrogens is 536 g/mol. The van der Waals surface area contributed by atoms with Crippen LogP contribution in [0.2, 0.25) is 5.02 Å². The average Bonchev–Trinajstić information content (AvgIpc) is 3.35. The Kier molecular flexibility index (Phi) is 7.86. The highest BCUT2D eigenvalue weighted by atomic mass is 35.5. The molecule has 0 aliphatic carbocycles. The van der Waals surface area contributed by atoms with Crippen molar-refractivity contribution in [3.8, 4) is 11.8 Å². The maximum atomic E-state index is 13.3. The SMILES string of the molecule is Cc1ccc2cccc(OCc3cccc(N(C)C(=O)Cc4ccc(C(=O)c5cccc(C#N)c5)n4C)c3Cl)c2n1. The lowest BCUT2D eigenvalue weighted by Gasteiger charge is -2.21. The standard InChI is InChI=1S/C33H27ClN4O3/c1-21-13-14-23-8-6-12-29(32(23)36-21)41-20-25-10-5-11-27(31(25)34)38(3)30(39)18-26-15-16-28(37(26)2)33(40)24-9-4-7-22(17-24)19-35/h4-17H,18,20H2,1-3H3. The molecule has 0 unspecified atom stereocenters. The van der Waals surface area contributed by atoms with Crippen LogP contribution in [0.25, 0.3) is 10.9 Å². The first-order valence-corrected chi connectivity index (χ1v) is 13.4. The first-order chi connectivity index (χ1) is 19.8. The fraction of sp³-hybridized carbons (Fsp3) is 0.152. The molecule has 8 heteroatoms. The molecule has 2 aromatic heterocycles. The van der Waals surface area contributed by atoms with E-state index >= 15 is 0 Å². The number of ether oxygens (including phenoxy) is 1. The normalized spacial score (nSPS) is 10.8. The van der Waals surface area contributed by atoms with E-state index < -0.39 is 0 Å². The van der Waals surface area contributed by atoms with E-state index in [1.165, 1.54) is 4.90 Å². The number of hydrogen-bond acceptors (Lipinski definition) is 5. The first kappa shape index (κ1) is 27.6. The van der Waals surface area contributed by atoms with Gasteiger partial charge < -0.3 is 14.2 Å². The zero-order valence-electron chi connectivity index (χ0n) is 22.9. The monoisotopic (exact) mass is 562 g/mol. The van der Waals surface area contributed by atoms with Crippen LogP contribution in [0.15, 0.2) is 84.9 Å². The summed E-state index contributed by atoms with van der Waals surface area (Å²) in [5.74, 6) is 0.250. The highest BCUT2D eigenvalue weighted by Crippen LogP contribution is 2.31. The van der Waals surface area contributed by atoms with Gasteiger partial charge >= 0.3 is 0 Å². The van der Waals surface area contributed by atoms with E-state index in [4.69, 9.17) is 21.6 Å². The number of benzene rings is 3. The van der Waals surface area contributed by atoms with Crippen molar-refractivity contribution in [3.63, 3.8) is 0 Å². The number of carbonyl (C=O) groups is 2. The minimum absolute atomic E-state index is 0.0661. The molecular formula is C33H27ClN4O3. The highest BCUT2D eigenvalue weighted by molar-refractivity contribution is 6.34. The molecule has 0 aliphatic rings. The van der Waals surface area contributed by atoms with Crippen LogP contribution in [-0.2, 0) is 24.9 Å². The number of aryl methyl sites for hydroxylation is 1. The van der Waals surface area contributed by atoms with Gasteiger partial charge in [0.15, 0.2) is 0 Å². The van der Waals surface area contributed by atoms with Gasteiger partial charge in [-0.2, -0.15) is 5.26 Å². The summed E-state index contributed by atoms with van der Waals surface area (Å²) < 4.78 is 7.83. The van der Waals surface area contributed by atoms with E-state index in [9.17, 15) is 9.59 Å². The lowest BCUT2D eigenvalue weighted by Crippen LogP contribution is -2.29. The summed E-state index contributed by atoms with van der Waals surface area (Å²) in [6.45, 7) is 2.14. The Labute approximate surface area is 243 Å². The second-order valence-electron chi connectivity index (χ2n) is 9.74. The lowest BCUT2D eigenvalue weighted by atomic mass is 10.1. The van der Waals surface area contributed by atoms with Crippen molar-refractivity contribution < 1.29 is 14.3 Å². The van der Waals surface area contributed by atoms with Crippen molar-refractivity contribution in [2.75, 3.05) is 11.9 Å². The van der Waals surface area contributed by atoms with Gasteiger partial charge in [0, 0.05) is 42.0 Å². The van der Waals surface area contributed by atoms with E-state index in [1.54, 1.807) is 61.1 Å². The smallest absolute Gasteiger partial charge is 0.232 e. The van der Waals surface area contributed by atoms with E-state index in [1.807, 2.05) is 49.4 Å². The third kappa shape index (κ3) is 5.69. The molecule has 0 radical (unpaired) electrons. The van der Waals surface area contributed by atoms with Crippen LogP contribution < -0.4 is 9.64 Å². The predicted molar refractivity (Wildman–Crippen MR) is 159 cm³/mol. The summed E-state index contributed by atoms with van der Waals surface area (Å²) >= 11 is 6.77. The number of anilines is 1. The summed E-state index contributed by atoms with van der Waals surface area (Å²) in [6, 6.07) is 27.3. The van der Waals surface area contributed by atoms with Crippen LogP contribution >= 0.6 is 11.6 Å². The molecule has 1 amide bonds. The van der Waals surface area contributed by atoms with Gasteiger partial charge in [-0.1, -0.05) is 54.1 Å². The van der Waals surface area contributed by atoms with Crippen LogP contribution in [0.3, 0.4) is 0 Å². The highest BCUT2D eigenvalue weighted by Gasteiger charge is 2.21. The maximum Gasteiger partial charge on any atom is 0.232 e. The maximum absolute atomic E-state index is 13.3. The number of carbonyl (C=O) groups excluding carboxylic acids is 2. The van der Waals surface area contributed by atoms with Crippen molar-refractivity contribution in [2.24, 2.45) is 7.05 Å². The molecule has 0 fully saturated rings. The topological polar surface area (TPSA) is 88.2 Å². The molecule has 7 nitrogen and oxygen atoms in total. The third-order valence-electron chi connectivity index (χ3n) is 7.04. The van der Waals surface area contributed by atoms with Gasteiger partial charge in [-0.05, 0) is 49.4 Å². The molecule has 0 atom stereocenters. The van der Waals surface area contributed by atoms with Gasteiger partial charge in [-0.25, -0.2) is 4.98 Å². The number of hydrogen-bond donors (Lipinski definition) is 0. The molecule has 41 heavy (non-hydrogen) atoms. The molecule has 0 spiro atoms. The second-order valence-corrected chi connectivity index (χ2v) is 10.1. The Balaban J connectivity index is 1.31. The third-order valence-corrected chi connectivity index (χ3v) is 7.48. The zero-order valence-corrected chi connectivity index (χ0v) is 23.6. The van der Waals surface area contributed by atoms with Crippen LogP contribution in [0.4, 0.5) is 5.69 Å². The summed E-state index contributed by atoms with van der Waals surface area (Å²) in [5, 5.41) is 10.6. The Morgan fingerprint density at radius 2 is 1.80 bits per heavy atom. The molecule has 0 saturated heterocycles. The van der Waals surface area contributed by atoms with Gasteiger partial charge in [0.25, 0.3) is 0 Å². The van der Waals surface area contributed by atoms with E-state index in [2.05, 4.69) is 11.1 Å². The van der Waals surface area contributed by atoms with E-state index in [0.717, 1.165) is 22.2 Å². The molecule has 0 N–H and O–H groups in total. The van der Waals surface area contributed by atoms with Gasteiger partial charge in [0.05, 0.1) is 34.5 Å². The van der Waals surface area contributed by atoms with Crippen LogP contribution in [0.1, 0.15) is 38.6 Å². The zero-order chi connectivity index (χ0) is 29.1. The number of halogens is 1. The Morgan fingerprint density at radius 1 is 1.02 bits per heavy atom. The van der Waals surface area contributed by atoms with Gasteiger partial charge in [0.2, 0.25) is 11.7 Å². The molecule has 0 aliphatic heterocycles. The van der Waals surface area contributed by atoms with Crippen LogP contribution in [-0.4, -0.2) is 28.3 Å². The van der Waals surface area contributed by atoms with E-state index in [-0.39, 0.29) is 24.7 Å². The predicted octanol–water partition coefficient (Wildman–Crippen LogP) is 6.42. The molecule has 204 valence electrons. The van der Waals surface area contributed by atoms with Gasteiger partial charge in [-0.3, -0.25) is 9.59 Å². The van der Waals surface area contributed by atoms with Crippen molar-refractivity contribution in [3.05, 3.63) is 124 Å². The number of nitriles is 1. The summed E-state index contributed by atoms with van der Waals surface area (Å²) in [5.41, 5.74) is 4.91. The van der Waals surface area contributed by atoms with Crippen molar-refractivity contribution in [2.45, 2.75) is 20.0 Å². The number of amides is 1. The Bertz CT molecular complexity index is 1840. The fourth-order valence-electron chi connectivity index (χ4n) is 4.67. The van der Waals surface area contributed by atoms with Crippen LogP contribution in [0.5, 0.6) is 5.75 Å². The molecule has 5 rings (SSSR count). The number of likely N-dealkylation sites (N-methyl/N-ethyl adjacent to an activating group) is 1. The van der Waals surface area contributed by atoms with E-state index in [0.29, 0.717) is 39.0 Å².